The largest absolute Gasteiger partial charge is 0.385 e. The highest BCUT2D eigenvalue weighted by Crippen LogP contribution is 2.17. The van der Waals surface area contributed by atoms with E-state index in [1.165, 1.54) is 11.1 Å². The standard InChI is InChI=1S/C14H23NO/c1-11-7-5-6-8-14(11)13(3)15-12(2)9-10-16-4/h5-8,12-13,15H,9-10H2,1-4H3/t12?,13-/m1/s1. The summed E-state index contributed by atoms with van der Waals surface area (Å²) in [5.74, 6) is 0. The minimum atomic E-state index is 0.396. The van der Waals surface area contributed by atoms with E-state index in [0.717, 1.165) is 13.0 Å². The van der Waals surface area contributed by atoms with Crippen LogP contribution in [0.4, 0.5) is 0 Å². The Kier molecular flexibility index (Phi) is 5.50. The predicted octanol–water partition coefficient (Wildman–Crippen LogP) is 3.07. The fourth-order valence-corrected chi connectivity index (χ4v) is 1.97. The van der Waals surface area contributed by atoms with Crippen molar-refractivity contribution in [2.24, 2.45) is 0 Å². The molecule has 2 atom stereocenters. The summed E-state index contributed by atoms with van der Waals surface area (Å²) < 4.78 is 5.08. The maximum atomic E-state index is 5.08. The molecule has 0 heterocycles. The minimum Gasteiger partial charge on any atom is -0.385 e. The zero-order chi connectivity index (χ0) is 12.0. The lowest BCUT2D eigenvalue weighted by Gasteiger charge is -2.21. The number of ether oxygens (including phenoxy) is 1. The Morgan fingerprint density at radius 3 is 2.56 bits per heavy atom. The normalized spacial score (nSPS) is 14.8. The molecule has 16 heavy (non-hydrogen) atoms. The van der Waals surface area contributed by atoms with Crippen LogP contribution in [0.5, 0.6) is 0 Å². The van der Waals surface area contributed by atoms with Crippen molar-refractivity contribution in [3.8, 4) is 0 Å². The Balaban J connectivity index is 2.52. The monoisotopic (exact) mass is 221 g/mol. The molecular formula is C14H23NO. The molecule has 1 aromatic carbocycles. The van der Waals surface area contributed by atoms with Gasteiger partial charge in [0.05, 0.1) is 0 Å². The molecule has 0 bridgehead atoms. The highest BCUT2D eigenvalue weighted by atomic mass is 16.5. The second kappa shape index (κ2) is 6.66. The van der Waals surface area contributed by atoms with Crippen molar-refractivity contribution < 1.29 is 4.74 Å². The Hall–Kier alpha value is -0.860. The Morgan fingerprint density at radius 2 is 1.94 bits per heavy atom. The number of nitrogens with one attached hydrogen (secondary N) is 1. The molecule has 90 valence electrons. The molecule has 0 saturated carbocycles. The average molecular weight is 221 g/mol. The first-order valence-corrected chi connectivity index (χ1v) is 5.95. The summed E-state index contributed by atoms with van der Waals surface area (Å²) in [6.07, 6.45) is 1.05. The highest BCUT2D eigenvalue weighted by Gasteiger charge is 2.10. The maximum absolute atomic E-state index is 5.08. The summed E-state index contributed by atoms with van der Waals surface area (Å²) in [5.41, 5.74) is 2.73. The van der Waals surface area contributed by atoms with Crippen molar-refractivity contribution in [2.45, 2.75) is 39.3 Å². The molecule has 1 aromatic rings. The van der Waals surface area contributed by atoms with Gasteiger partial charge in [-0.3, -0.25) is 0 Å². The smallest absolute Gasteiger partial charge is 0.0476 e. The predicted molar refractivity (Wildman–Crippen MR) is 68.7 cm³/mol. The van der Waals surface area contributed by atoms with E-state index >= 15 is 0 Å². The first kappa shape index (κ1) is 13.2. The van der Waals surface area contributed by atoms with Crippen molar-refractivity contribution in [2.75, 3.05) is 13.7 Å². The lowest BCUT2D eigenvalue weighted by Crippen LogP contribution is -2.30. The van der Waals surface area contributed by atoms with E-state index in [1.54, 1.807) is 7.11 Å². The molecule has 0 spiro atoms. The first-order valence-electron chi connectivity index (χ1n) is 5.95. The average Bonchev–Trinajstić information content (AvgIpc) is 2.26. The third kappa shape index (κ3) is 3.95. The number of hydrogen-bond donors (Lipinski definition) is 1. The zero-order valence-corrected chi connectivity index (χ0v) is 10.8. The Bertz CT molecular complexity index is 311. The van der Waals surface area contributed by atoms with Crippen LogP contribution in [-0.4, -0.2) is 19.8 Å². The van der Waals surface area contributed by atoms with Gasteiger partial charge in [-0.2, -0.15) is 0 Å². The zero-order valence-electron chi connectivity index (χ0n) is 10.8. The Morgan fingerprint density at radius 1 is 1.25 bits per heavy atom. The molecule has 0 aliphatic rings. The van der Waals surface area contributed by atoms with E-state index in [1.807, 2.05) is 0 Å². The van der Waals surface area contributed by atoms with Gasteiger partial charge in [0.25, 0.3) is 0 Å². The van der Waals surface area contributed by atoms with Crippen LogP contribution in [0.3, 0.4) is 0 Å². The van der Waals surface area contributed by atoms with Gasteiger partial charge in [-0.25, -0.2) is 0 Å². The fourth-order valence-electron chi connectivity index (χ4n) is 1.97. The van der Waals surface area contributed by atoms with Crippen LogP contribution in [0.15, 0.2) is 24.3 Å². The maximum Gasteiger partial charge on any atom is 0.0476 e. The van der Waals surface area contributed by atoms with Gasteiger partial charge >= 0.3 is 0 Å². The quantitative estimate of drug-likeness (QED) is 0.797. The minimum absolute atomic E-state index is 0.396. The summed E-state index contributed by atoms with van der Waals surface area (Å²) >= 11 is 0. The van der Waals surface area contributed by atoms with Crippen LogP contribution in [0, 0.1) is 6.92 Å². The molecule has 0 aromatic heterocycles. The number of aryl methyl sites for hydroxylation is 1. The third-order valence-electron chi connectivity index (χ3n) is 2.94. The van der Waals surface area contributed by atoms with E-state index in [9.17, 15) is 0 Å². The van der Waals surface area contributed by atoms with E-state index in [2.05, 4.69) is 50.4 Å². The molecule has 1 N–H and O–H groups in total. The SMILES string of the molecule is COCCC(C)N[C@H](C)c1ccccc1C. The molecule has 2 heteroatoms. The van der Waals surface area contributed by atoms with Gasteiger partial charge in [-0.15, -0.1) is 0 Å². The van der Waals surface area contributed by atoms with Gasteiger partial charge in [0, 0.05) is 25.8 Å². The third-order valence-corrected chi connectivity index (χ3v) is 2.94. The fraction of sp³-hybridized carbons (Fsp3) is 0.571. The van der Waals surface area contributed by atoms with Crippen LogP contribution in [0.2, 0.25) is 0 Å². The molecule has 0 radical (unpaired) electrons. The van der Waals surface area contributed by atoms with Crippen molar-refractivity contribution in [3.05, 3.63) is 35.4 Å². The van der Waals surface area contributed by atoms with Gasteiger partial charge in [0.15, 0.2) is 0 Å². The van der Waals surface area contributed by atoms with Crippen LogP contribution in [-0.2, 0) is 4.74 Å². The topological polar surface area (TPSA) is 21.3 Å². The molecule has 1 rings (SSSR count). The van der Waals surface area contributed by atoms with Gasteiger partial charge in [-0.1, -0.05) is 24.3 Å². The van der Waals surface area contributed by atoms with E-state index in [-0.39, 0.29) is 0 Å². The molecule has 0 amide bonds. The van der Waals surface area contributed by atoms with Gasteiger partial charge in [0.2, 0.25) is 0 Å². The summed E-state index contributed by atoms with van der Waals surface area (Å²) in [6, 6.07) is 9.41. The van der Waals surface area contributed by atoms with Crippen molar-refractivity contribution >= 4 is 0 Å². The van der Waals surface area contributed by atoms with Crippen LogP contribution < -0.4 is 5.32 Å². The molecule has 0 fully saturated rings. The number of benzene rings is 1. The summed E-state index contributed by atoms with van der Waals surface area (Å²) in [5, 5.41) is 3.59. The summed E-state index contributed by atoms with van der Waals surface area (Å²) in [7, 11) is 1.75. The second-order valence-corrected chi connectivity index (χ2v) is 4.43. The summed E-state index contributed by atoms with van der Waals surface area (Å²) in [4.78, 5) is 0. The second-order valence-electron chi connectivity index (χ2n) is 4.43. The molecule has 0 aliphatic carbocycles. The lowest BCUT2D eigenvalue weighted by atomic mass is 10.0. The molecule has 2 nitrogen and oxygen atoms in total. The first-order chi connectivity index (χ1) is 7.65. The van der Waals surface area contributed by atoms with E-state index in [0.29, 0.717) is 12.1 Å². The van der Waals surface area contributed by atoms with Crippen LogP contribution in [0.1, 0.15) is 37.4 Å². The van der Waals surface area contributed by atoms with Crippen molar-refractivity contribution in [3.63, 3.8) is 0 Å². The number of methoxy groups -OCH3 is 1. The van der Waals surface area contributed by atoms with Gasteiger partial charge in [-0.05, 0) is 38.3 Å². The molecule has 1 unspecified atom stereocenters. The van der Waals surface area contributed by atoms with Gasteiger partial charge < -0.3 is 10.1 Å². The Labute approximate surface area is 99.0 Å². The van der Waals surface area contributed by atoms with Crippen LogP contribution in [0.25, 0.3) is 0 Å². The number of rotatable bonds is 6. The molecule has 0 saturated heterocycles. The number of hydrogen-bond acceptors (Lipinski definition) is 2. The van der Waals surface area contributed by atoms with E-state index in [4.69, 9.17) is 4.74 Å². The van der Waals surface area contributed by atoms with Crippen molar-refractivity contribution in [1.82, 2.24) is 5.32 Å². The van der Waals surface area contributed by atoms with Crippen molar-refractivity contribution in [1.29, 1.82) is 0 Å². The van der Waals surface area contributed by atoms with E-state index < -0.39 is 0 Å². The molecule has 0 aliphatic heterocycles. The van der Waals surface area contributed by atoms with Crippen LogP contribution >= 0.6 is 0 Å². The van der Waals surface area contributed by atoms with Gasteiger partial charge in [0.1, 0.15) is 0 Å². The highest BCUT2D eigenvalue weighted by molar-refractivity contribution is 5.28. The molecular weight excluding hydrogens is 198 g/mol. The summed E-state index contributed by atoms with van der Waals surface area (Å²) in [6.45, 7) is 7.39. The lowest BCUT2D eigenvalue weighted by molar-refractivity contribution is 0.183.